The van der Waals surface area contributed by atoms with Gasteiger partial charge in [0.1, 0.15) is 11.6 Å². The second-order valence-electron chi connectivity index (χ2n) is 3.60. The molecule has 18 heavy (non-hydrogen) atoms. The van der Waals surface area contributed by atoms with Crippen molar-refractivity contribution in [3.63, 3.8) is 0 Å². The first-order valence-corrected chi connectivity index (χ1v) is 6.03. The van der Waals surface area contributed by atoms with Crippen LogP contribution in [0.15, 0.2) is 39.5 Å². The molecule has 0 spiro atoms. The lowest BCUT2D eigenvalue weighted by atomic mass is 10.2. The summed E-state index contributed by atoms with van der Waals surface area (Å²) < 4.78 is 18.1. The highest BCUT2D eigenvalue weighted by Gasteiger charge is 2.14. The standard InChI is InChI=1S/C12H7FN2O2S/c13-8-1-2-10(16)9(5-8)12-14-11(15-17-12)7-3-4-18-6-7/h1-6,16H. The largest absolute Gasteiger partial charge is 0.507 e. The summed E-state index contributed by atoms with van der Waals surface area (Å²) in [6.45, 7) is 0. The number of aromatic hydroxyl groups is 1. The molecule has 2 heterocycles. The Kier molecular flexibility index (Phi) is 2.56. The molecule has 0 saturated heterocycles. The average molecular weight is 262 g/mol. The van der Waals surface area contributed by atoms with Gasteiger partial charge in [0.05, 0.1) is 5.56 Å². The van der Waals surface area contributed by atoms with Crippen molar-refractivity contribution in [3.05, 3.63) is 40.8 Å². The van der Waals surface area contributed by atoms with Crippen LogP contribution in [-0.4, -0.2) is 15.2 Å². The molecule has 3 rings (SSSR count). The third kappa shape index (κ3) is 1.86. The van der Waals surface area contributed by atoms with E-state index in [4.69, 9.17) is 4.52 Å². The first-order valence-electron chi connectivity index (χ1n) is 5.09. The second-order valence-corrected chi connectivity index (χ2v) is 4.38. The van der Waals surface area contributed by atoms with Gasteiger partial charge in [-0.1, -0.05) is 5.16 Å². The Bertz CT molecular complexity index is 679. The predicted molar refractivity (Wildman–Crippen MR) is 64.7 cm³/mol. The zero-order valence-corrected chi connectivity index (χ0v) is 9.82. The van der Waals surface area contributed by atoms with Crippen LogP contribution < -0.4 is 0 Å². The summed E-state index contributed by atoms with van der Waals surface area (Å²) in [5, 5.41) is 17.2. The molecule has 0 amide bonds. The summed E-state index contributed by atoms with van der Waals surface area (Å²) in [6, 6.07) is 5.42. The number of benzene rings is 1. The zero-order valence-electron chi connectivity index (χ0n) is 9.00. The molecule has 0 saturated carbocycles. The van der Waals surface area contributed by atoms with Gasteiger partial charge in [0.2, 0.25) is 5.82 Å². The minimum atomic E-state index is -0.474. The second kappa shape index (κ2) is 4.23. The molecule has 2 aromatic heterocycles. The van der Waals surface area contributed by atoms with E-state index in [0.29, 0.717) is 5.82 Å². The highest BCUT2D eigenvalue weighted by atomic mass is 32.1. The van der Waals surface area contributed by atoms with Crippen molar-refractivity contribution in [1.29, 1.82) is 0 Å². The van der Waals surface area contributed by atoms with E-state index in [0.717, 1.165) is 17.7 Å². The molecule has 0 bridgehead atoms. The Morgan fingerprint density at radius 2 is 2.17 bits per heavy atom. The fourth-order valence-electron chi connectivity index (χ4n) is 1.52. The zero-order chi connectivity index (χ0) is 12.5. The van der Waals surface area contributed by atoms with Crippen LogP contribution in [0.3, 0.4) is 0 Å². The van der Waals surface area contributed by atoms with E-state index in [1.54, 1.807) is 0 Å². The molecule has 4 nitrogen and oxygen atoms in total. The first kappa shape index (κ1) is 10.9. The average Bonchev–Trinajstić information content (AvgIpc) is 3.00. The maximum absolute atomic E-state index is 13.1. The molecule has 0 aliphatic carbocycles. The lowest BCUT2D eigenvalue weighted by Gasteiger charge is -1.98. The number of thiophene rings is 1. The monoisotopic (exact) mass is 262 g/mol. The van der Waals surface area contributed by atoms with Gasteiger partial charge in [-0.05, 0) is 29.6 Å². The van der Waals surface area contributed by atoms with Gasteiger partial charge in [-0.3, -0.25) is 0 Å². The van der Waals surface area contributed by atoms with Crippen LogP contribution in [0.1, 0.15) is 0 Å². The van der Waals surface area contributed by atoms with Crippen molar-refractivity contribution >= 4 is 11.3 Å². The van der Waals surface area contributed by atoms with Crippen LogP contribution in [0.2, 0.25) is 0 Å². The number of rotatable bonds is 2. The van der Waals surface area contributed by atoms with E-state index in [-0.39, 0.29) is 17.2 Å². The van der Waals surface area contributed by atoms with Gasteiger partial charge in [0.25, 0.3) is 5.89 Å². The summed E-state index contributed by atoms with van der Waals surface area (Å²) in [6.07, 6.45) is 0. The van der Waals surface area contributed by atoms with Gasteiger partial charge >= 0.3 is 0 Å². The van der Waals surface area contributed by atoms with Crippen LogP contribution in [0.4, 0.5) is 4.39 Å². The summed E-state index contributed by atoms with van der Waals surface area (Å²) in [7, 11) is 0. The fraction of sp³-hybridized carbons (Fsp3) is 0. The summed E-state index contributed by atoms with van der Waals surface area (Å²) in [5.74, 6) is -0.0712. The van der Waals surface area contributed by atoms with E-state index in [2.05, 4.69) is 10.1 Å². The molecule has 0 radical (unpaired) electrons. The molecular formula is C12H7FN2O2S. The Morgan fingerprint density at radius 1 is 1.28 bits per heavy atom. The number of nitrogens with zero attached hydrogens (tertiary/aromatic N) is 2. The summed E-state index contributed by atoms with van der Waals surface area (Å²) in [5.41, 5.74) is 1.01. The lowest BCUT2D eigenvalue weighted by Crippen LogP contribution is -1.82. The Morgan fingerprint density at radius 3 is 2.94 bits per heavy atom. The van der Waals surface area contributed by atoms with Gasteiger partial charge < -0.3 is 9.63 Å². The van der Waals surface area contributed by atoms with E-state index >= 15 is 0 Å². The van der Waals surface area contributed by atoms with E-state index in [9.17, 15) is 9.50 Å². The van der Waals surface area contributed by atoms with Crippen LogP contribution >= 0.6 is 11.3 Å². The molecule has 1 N–H and O–H groups in total. The molecule has 0 atom stereocenters. The number of phenolic OH excluding ortho intramolecular Hbond substituents is 1. The highest BCUT2D eigenvalue weighted by Crippen LogP contribution is 2.30. The third-order valence-corrected chi connectivity index (χ3v) is 3.08. The van der Waals surface area contributed by atoms with Gasteiger partial charge in [-0.15, -0.1) is 0 Å². The molecule has 3 aromatic rings. The van der Waals surface area contributed by atoms with E-state index in [1.807, 2.05) is 16.8 Å². The summed E-state index contributed by atoms with van der Waals surface area (Å²) in [4.78, 5) is 4.13. The fourth-order valence-corrected chi connectivity index (χ4v) is 2.16. The molecule has 6 heteroatoms. The Balaban J connectivity index is 2.05. The molecule has 90 valence electrons. The van der Waals surface area contributed by atoms with E-state index < -0.39 is 5.82 Å². The number of aromatic nitrogens is 2. The lowest BCUT2D eigenvalue weighted by molar-refractivity contribution is 0.425. The molecule has 0 fully saturated rings. The number of hydrogen-bond donors (Lipinski definition) is 1. The number of hydrogen-bond acceptors (Lipinski definition) is 5. The highest BCUT2D eigenvalue weighted by molar-refractivity contribution is 7.08. The third-order valence-electron chi connectivity index (χ3n) is 2.39. The SMILES string of the molecule is Oc1ccc(F)cc1-c1nc(-c2ccsc2)no1. The van der Waals surface area contributed by atoms with Gasteiger partial charge in [0, 0.05) is 10.9 Å². The molecular weight excluding hydrogens is 255 g/mol. The maximum Gasteiger partial charge on any atom is 0.262 e. The van der Waals surface area contributed by atoms with Crippen molar-refractivity contribution in [3.8, 4) is 28.6 Å². The van der Waals surface area contributed by atoms with Crippen molar-refractivity contribution in [2.75, 3.05) is 0 Å². The van der Waals surface area contributed by atoms with Crippen molar-refractivity contribution < 1.29 is 14.0 Å². The predicted octanol–water partition coefficient (Wildman–Crippen LogP) is 3.31. The van der Waals surface area contributed by atoms with Gasteiger partial charge in [0.15, 0.2) is 0 Å². The van der Waals surface area contributed by atoms with Crippen LogP contribution in [0.25, 0.3) is 22.8 Å². The Hall–Kier alpha value is -2.21. The number of phenols is 1. The molecule has 0 unspecified atom stereocenters. The van der Waals surface area contributed by atoms with Crippen molar-refractivity contribution in [1.82, 2.24) is 10.1 Å². The van der Waals surface area contributed by atoms with Crippen LogP contribution in [-0.2, 0) is 0 Å². The van der Waals surface area contributed by atoms with Gasteiger partial charge in [-0.25, -0.2) is 4.39 Å². The molecule has 0 aliphatic heterocycles. The quantitative estimate of drug-likeness (QED) is 0.769. The molecule has 0 aliphatic rings. The number of halogens is 1. The van der Waals surface area contributed by atoms with Crippen LogP contribution in [0.5, 0.6) is 5.75 Å². The smallest absolute Gasteiger partial charge is 0.262 e. The normalized spacial score (nSPS) is 10.7. The maximum atomic E-state index is 13.1. The molecule has 1 aromatic carbocycles. The van der Waals surface area contributed by atoms with Crippen molar-refractivity contribution in [2.24, 2.45) is 0 Å². The van der Waals surface area contributed by atoms with Gasteiger partial charge in [-0.2, -0.15) is 16.3 Å². The minimum absolute atomic E-state index is 0.0909. The van der Waals surface area contributed by atoms with Crippen molar-refractivity contribution in [2.45, 2.75) is 0 Å². The Labute approximate surface area is 105 Å². The topological polar surface area (TPSA) is 59.2 Å². The minimum Gasteiger partial charge on any atom is -0.507 e. The summed E-state index contributed by atoms with van der Waals surface area (Å²) >= 11 is 1.51. The first-order chi connectivity index (χ1) is 8.74. The van der Waals surface area contributed by atoms with Crippen LogP contribution in [0, 0.1) is 5.82 Å². The van der Waals surface area contributed by atoms with E-state index in [1.165, 1.54) is 17.4 Å².